The van der Waals surface area contributed by atoms with Crippen molar-refractivity contribution in [2.45, 2.75) is 20.4 Å². The summed E-state index contributed by atoms with van der Waals surface area (Å²) in [6.45, 7) is 4.08. The van der Waals surface area contributed by atoms with Crippen LogP contribution in [0.2, 0.25) is 0 Å². The third-order valence-electron chi connectivity index (χ3n) is 4.00. The predicted octanol–water partition coefficient (Wildman–Crippen LogP) is 4.64. The van der Waals surface area contributed by atoms with Gasteiger partial charge in [-0.3, -0.25) is 4.68 Å². The molecule has 0 radical (unpaired) electrons. The van der Waals surface area contributed by atoms with E-state index in [-0.39, 0.29) is 11.6 Å². The molecule has 0 fully saturated rings. The Morgan fingerprint density at radius 1 is 1.04 bits per heavy atom. The standard InChI is InChI=1S/C19H18F2N4S/c1-12-18(23-19(26)22-16-9-7-15(20)8-10-16)13(2)25(24-12)11-14-5-3-4-6-17(14)21/h3-10H,11H2,1-2H3,(H2,22,23,26). The van der Waals surface area contributed by atoms with Gasteiger partial charge >= 0.3 is 0 Å². The van der Waals surface area contributed by atoms with Gasteiger partial charge in [-0.05, 0) is 56.4 Å². The van der Waals surface area contributed by atoms with Crippen LogP contribution < -0.4 is 10.6 Å². The van der Waals surface area contributed by atoms with Crippen molar-refractivity contribution in [3.05, 3.63) is 77.1 Å². The van der Waals surface area contributed by atoms with Crippen molar-refractivity contribution in [3.63, 3.8) is 0 Å². The summed E-state index contributed by atoms with van der Waals surface area (Å²) in [6, 6.07) is 12.5. The van der Waals surface area contributed by atoms with E-state index in [1.54, 1.807) is 35.0 Å². The Morgan fingerprint density at radius 3 is 2.42 bits per heavy atom. The van der Waals surface area contributed by atoms with Gasteiger partial charge in [-0.2, -0.15) is 5.10 Å². The molecule has 0 saturated heterocycles. The molecule has 0 spiro atoms. The maximum Gasteiger partial charge on any atom is 0.175 e. The molecule has 0 aliphatic rings. The zero-order valence-electron chi connectivity index (χ0n) is 14.4. The third-order valence-corrected chi connectivity index (χ3v) is 4.20. The van der Waals surface area contributed by atoms with Gasteiger partial charge in [0.15, 0.2) is 5.11 Å². The minimum absolute atomic E-state index is 0.261. The Labute approximate surface area is 155 Å². The molecule has 2 N–H and O–H groups in total. The van der Waals surface area contributed by atoms with Gasteiger partial charge in [0.1, 0.15) is 11.6 Å². The van der Waals surface area contributed by atoms with Crippen LogP contribution in [0.15, 0.2) is 48.5 Å². The Balaban J connectivity index is 1.74. The summed E-state index contributed by atoms with van der Waals surface area (Å²) >= 11 is 5.32. The van der Waals surface area contributed by atoms with Gasteiger partial charge < -0.3 is 10.6 Å². The van der Waals surface area contributed by atoms with Crippen molar-refractivity contribution in [2.24, 2.45) is 0 Å². The second kappa shape index (κ2) is 7.61. The minimum atomic E-state index is -0.310. The molecule has 0 amide bonds. The van der Waals surface area contributed by atoms with Crippen LogP contribution in [0.25, 0.3) is 0 Å². The number of nitrogens with one attached hydrogen (secondary N) is 2. The lowest BCUT2D eigenvalue weighted by Gasteiger charge is -2.11. The van der Waals surface area contributed by atoms with Gasteiger partial charge in [0.2, 0.25) is 0 Å². The van der Waals surface area contributed by atoms with Crippen molar-refractivity contribution < 1.29 is 8.78 Å². The molecular formula is C19H18F2N4S. The number of halogens is 2. The van der Waals surface area contributed by atoms with Crippen LogP contribution in [-0.4, -0.2) is 14.9 Å². The Bertz CT molecular complexity index is 935. The molecule has 0 aliphatic carbocycles. The number of aromatic nitrogens is 2. The number of nitrogens with zero attached hydrogens (tertiary/aromatic N) is 2. The summed E-state index contributed by atoms with van der Waals surface area (Å²) in [5.41, 5.74) is 3.60. The van der Waals surface area contributed by atoms with Crippen LogP contribution in [0.3, 0.4) is 0 Å². The smallest absolute Gasteiger partial charge is 0.175 e. The van der Waals surface area contributed by atoms with Crippen molar-refractivity contribution in [1.29, 1.82) is 0 Å². The first-order valence-corrected chi connectivity index (χ1v) is 8.46. The van der Waals surface area contributed by atoms with Crippen LogP contribution >= 0.6 is 12.2 Å². The highest BCUT2D eigenvalue weighted by molar-refractivity contribution is 7.80. The number of aryl methyl sites for hydroxylation is 1. The molecule has 134 valence electrons. The van der Waals surface area contributed by atoms with Gasteiger partial charge in [0, 0.05) is 11.3 Å². The highest BCUT2D eigenvalue weighted by Gasteiger charge is 2.14. The Kier molecular flexibility index (Phi) is 5.27. The molecule has 0 bridgehead atoms. The fourth-order valence-electron chi connectivity index (χ4n) is 2.63. The molecular weight excluding hydrogens is 354 g/mol. The number of thiocarbonyl (C=S) groups is 1. The van der Waals surface area contributed by atoms with E-state index >= 15 is 0 Å². The molecule has 0 aliphatic heterocycles. The summed E-state index contributed by atoms with van der Waals surface area (Å²) < 4.78 is 28.6. The molecule has 0 saturated carbocycles. The maximum absolute atomic E-state index is 13.9. The lowest BCUT2D eigenvalue weighted by molar-refractivity contribution is 0.579. The van der Waals surface area contributed by atoms with Crippen LogP contribution in [0, 0.1) is 25.5 Å². The van der Waals surface area contributed by atoms with Crippen molar-refractivity contribution in [2.75, 3.05) is 10.6 Å². The van der Waals surface area contributed by atoms with E-state index in [4.69, 9.17) is 12.2 Å². The van der Waals surface area contributed by atoms with Gasteiger partial charge in [-0.1, -0.05) is 18.2 Å². The van der Waals surface area contributed by atoms with Crippen molar-refractivity contribution >= 4 is 28.7 Å². The summed E-state index contributed by atoms with van der Waals surface area (Å²) in [4.78, 5) is 0. The number of anilines is 2. The second-order valence-electron chi connectivity index (χ2n) is 5.88. The molecule has 1 aromatic heterocycles. The van der Waals surface area contributed by atoms with Gasteiger partial charge in [0.05, 0.1) is 23.6 Å². The normalized spacial score (nSPS) is 10.6. The first-order valence-electron chi connectivity index (χ1n) is 8.05. The monoisotopic (exact) mass is 372 g/mol. The number of hydrogen-bond donors (Lipinski definition) is 2. The molecule has 0 atom stereocenters. The SMILES string of the molecule is Cc1nn(Cc2ccccc2F)c(C)c1NC(=S)Nc1ccc(F)cc1. The van der Waals surface area contributed by atoms with Crippen molar-refractivity contribution in [3.8, 4) is 0 Å². The second-order valence-corrected chi connectivity index (χ2v) is 6.29. The van der Waals surface area contributed by atoms with E-state index < -0.39 is 0 Å². The first-order chi connectivity index (χ1) is 12.4. The maximum atomic E-state index is 13.9. The molecule has 26 heavy (non-hydrogen) atoms. The van der Waals surface area contributed by atoms with E-state index in [2.05, 4.69) is 15.7 Å². The average molecular weight is 372 g/mol. The lowest BCUT2D eigenvalue weighted by atomic mass is 10.2. The summed E-state index contributed by atoms with van der Waals surface area (Å²) in [6.07, 6.45) is 0. The molecule has 2 aromatic carbocycles. The van der Waals surface area contributed by atoms with Crippen LogP contribution in [0.5, 0.6) is 0 Å². The molecule has 0 unspecified atom stereocenters. The first kappa shape index (κ1) is 18.0. The van der Waals surface area contributed by atoms with E-state index in [9.17, 15) is 8.78 Å². The average Bonchev–Trinajstić information content (AvgIpc) is 2.86. The Morgan fingerprint density at radius 2 is 1.73 bits per heavy atom. The summed E-state index contributed by atoms with van der Waals surface area (Å²) in [5.74, 6) is -0.571. The predicted molar refractivity (Wildman–Crippen MR) is 103 cm³/mol. The highest BCUT2D eigenvalue weighted by atomic mass is 32.1. The Hall–Kier alpha value is -2.80. The fourth-order valence-corrected chi connectivity index (χ4v) is 2.85. The molecule has 4 nitrogen and oxygen atoms in total. The van der Waals surface area contributed by atoms with Gasteiger partial charge in [-0.25, -0.2) is 8.78 Å². The lowest BCUT2D eigenvalue weighted by Crippen LogP contribution is -2.20. The zero-order valence-corrected chi connectivity index (χ0v) is 15.2. The highest BCUT2D eigenvalue weighted by Crippen LogP contribution is 2.21. The van der Waals surface area contributed by atoms with E-state index in [0.29, 0.717) is 22.9 Å². The van der Waals surface area contributed by atoms with Crippen LogP contribution in [0.1, 0.15) is 17.0 Å². The van der Waals surface area contributed by atoms with Crippen LogP contribution in [0.4, 0.5) is 20.2 Å². The van der Waals surface area contributed by atoms with Gasteiger partial charge in [-0.15, -0.1) is 0 Å². The molecule has 7 heteroatoms. The van der Waals surface area contributed by atoms with Gasteiger partial charge in [0.25, 0.3) is 0 Å². The molecule has 3 aromatic rings. The van der Waals surface area contributed by atoms with E-state index in [0.717, 1.165) is 17.1 Å². The topological polar surface area (TPSA) is 41.9 Å². The number of hydrogen-bond acceptors (Lipinski definition) is 2. The van der Waals surface area contributed by atoms with E-state index in [1.807, 2.05) is 13.8 Å². The molecule has 1 heterocycles. The quantitative estimate of drug-likeness (QED) is 0.655. The number of rotatable bonds is 4. The van der Waals surface area contributed by atoms with Crippen molar-refractivity contribution in [1.82, 2.24) is 9.78 Å². The van der Waals surface area contributed by atoms with E-state index in [1.165, 1.54) is 18.2 Å². The fraction of sp³-hybridized carbons (Fsp3) is 0.158. The molecule has 3 rings (SSSR count). The third kappa shape index (κ3) is 4.05. The summed E-state index contributed by atoms with van der Waals surface area (Å²) in [7, 11) is 0. The summed E-state index contributed by atoms with van der Waals surface area (Å²) in [5, 5.41) is 10.9. The van der Waals surface area contributed by atoms with Crippen LogP contribution in [-0.2, 0) is 6.54 Å². The number of benzene rings is 2. The zero-order chi connectivity index (χ0) is 18.7. The minimum Gasteiger partial charge on any atom is -0.332 e. The largest absolute Gasteiger partial charge is 0.332 e.